The van der Waals surface area contributed by atoms with E-state index >= 15 is 0 Å². The Morgan fingerprint density at radius 2 is 2.00 bits per heavy atom. The van der Waals surface area contributed by atoms with Gasteiger partial charge in [0.2, 0.25) is 0 Å². The van der Waals surface area contributed by atoms with Crippen molar-refractivity contribution in [3.63, 3.8) is 0 Å². The Bertz CT molecular complexity index is 580. The number of nitrogens with one attached hydrogen (secondary N) is 1. The third kappa shape index (κ3) is 3.27. The molecule has 0 atom stereocenters. The van der Waals surface area contributed by atoms with Crippen LogP contribution >= 0.6 is 11.3 Å². The molecule has 0 aliphatic carbocycles. The van der Waals surface area contributed by atoms with Crippen LogP contribution in [0.4, 0.5) is 5.82 Å². The van der Waals surface area contributed by atoms with Crippen LogP contribution in [0.15, 0.2) is 0 Å². The molecule has 0 aliphatic heterocycles. The van der Waals surface area contributed by atoms with E-state index in [4.69, 9.17) is 4.74 Å². The molecular weight excluding hydrogens is 270 g/mol. The van der Waals surface area contributed by atoms with E-state index in [9.17, 15) is 0 Å². The lowest BCUT2D eigenvalue weighted by atomic mass is 10.2. The Morgan fingerprint density at radius 3 is 2.70 bits per heavy atom. The van der Waals surface area contributed by atoms with Gasteiger partial charge in [0, 0.05) is 24.4 Å². The fourth-order valence-corrected chi connectivity index (χ4v) is 3.13. The molecule has 0 bridgehead atoms. The van der Waals surface area contributed by atoms with E-state index in [-0.39, 0.29) is 0 Å². The maximum Gasteiger partial charge on any atom is 0.138 e. The first-order valence-corrected chi connectivity index (χ1v) is 8.07. The standard InChI is InChI=1S/C15H23N3OS/c1-5-8-16-14-13-10(3)11(4)20-15(13)18-12(17-14)7-9-19-6-2/h5-9H2,1-4H3,(H,16,17,18). The van der Waals surface area contributed by atoms with Gasteiger partial charge in [0.25, 0.3) is 0 Å². The molecule has 0 aliphatic rings. The summed E-state index contributed by atoms with van der Waals surface area (Å²) in [5.41, 5.74) is 1.29. The van der Waals surface area contributed by atoms with Crippen LogP contribution in [0, 0.1) is 13.8 Å². The van der Waals surface area contributed by atoms with Gasteiger partial charge in [0.05, 0.1) is 12.0 Å². The normalized spacial score (nSPS) is 11.2. The number of ether oxygens (including phenoxy) is 1. The van der Waals surface area contributed by atoms with Gasteiger partial charge in [-0.15, -0.1) is 11.3 Å². The average molecular weight is 293 g/mol. The summed E-state index contributed by atoms with van der Waals surface area (Å²) in [7, 11) is 0. The first kappa shape index (κ1) is 15.2. The number of aromatic nitrogens is 2. The summed E-state index contributed by atoms with van der Waals surface area (Å²) < 4.78 is 5.40. The summed E-state index contributed by atoms with van der Waals surface area (Å²) in [4.78, 5) is 11.8. The molecule has 110 valence electrons. The number of aryl methyl sites for hydroxylation is 2. The zero-order valence-corrected chi connectivity index (χ0v) is 13.6. The van der Waals surface area contributed by atoms with Crippen LogP contribution in [-0.2, 0) is 11.2 Å². The zero-order chi connectivity index (χ0) is 14.5. The van der Waals surface area contributed by atoms with Crippen molar-refractivity contribution in [2.24, 2.45) is 0 Å². The number of hydrogen-bond acceptors (Lipinski definition) is 5. The predicted molar refractivity (Wildman–Crippen MR) is 85.9 cm³/mol. The van der Waals surface area contributed by atoms with Gasteiger partial charge in [-0.25, -0.2) is 9.97 Å². The first-order chi connectivity index (χ1) is 9.67. The quantitative estimate of drug-likeness (QED) is 0.791. The molecule has 0 fully saturated rings. The highest BCUT2D eigenvalue weighted by molar-refractivity contribution is 7.18. The van der Waals surface area contributed by atoms with Crippen molar-refractivity contribution in [1.29, 1.82) is 0 Å². The molecule has 0 spiro atoms. The third-order valence-corrected chi connectivity index (χ3v) is 4.39. The van der Waals surface area contributed by atoms with Gasteiger partial charge >= 0.3 is 0 Å². The van der Waals surface area contributed by atoms with Crippen LogP contribution in [0.3, 0.4) is 0 Å². The third-order valence-electron chi connectivity index (χ3n) is 3.29. The van der Waals surface area contributed by atoms with Crippen molar-refractivity contribution in [1.82, 2.24) is 9.97 Å². The van der Waals surface area contributed by atoms with Crippen molar-refractivity contribution in [2.45, 2.75) is 40.5 Å². The molecule has 5 heteroatoms. The summed E-state index contributed by atoms with van der Waals surface area (Å²) in [5, 5.41) is 4.62. The van der Waals surface area contributed by atoms with Crippen molar-refractivity contribution in [3.8, 4) is 0 Å². The molecule has 0 aromatic carbocycles. The molecule has 2 heterocycles. The summed E-state index contributed by atoms with van der Waals surface area (Å²) >= 11 is 1.75. The molecule has 2 aromatic rings. The van der Waals surface area contributed by atoms with E-state index in [1.807, 2.05) is 6.92 Å². The van der Waals surface area contributed by atoms with Crippen LogP contribution in [0.1, 0.15) is 36.5 Å². The number of nitrogens with zero attached hydrogens (tertiary/aromatic N) is 2. The number of anilines is 1. The maximum absolute atomic E-state index is 5.40. The van der Waals surface area contributed by atoms with Crippen molar-refractivity contribution in [3.05, 3.63) is 16.3 Å². The molecule has 0 saturated carbocycles. The van der Waals surface area contributed by atoms with Crippen LogP contribution < -0.4 is 5.32 Å². The SMILES string of the molecule is CCCNc1nc(CCOCC)nc2sc(C)c(C)c12. The summed E-state index contributed by atoms with van der Waals surface area (Å²) in [5.74, 6) is 1.84. The lowest BCUT2D eigenvalue weighted by Gasteiger charge is -2.09. The minimum atomic E-state index is 0.679. The highest BCUT2D eigenvalue weighted by Crippen LogP contribution is 2.33. The Kier molecular flexibility index (Phi) is 5.31. The Balaban J connectivity index is 2.36. The van der Waals surface area contributed by atoms with Crippen molar-refractivity contribution in [2.75, 3.05) is 25.1 Å². The number of fused-ring (bicyclic) bond motifs is 1. The summed E-state index contributed by atoms with van der Waals surface area (Å²) in [6.07, 6.45) is 1.85. The van der Waals surface area contributed by atoms with Gasteiger partial charge in [-0.3, -0.25) is 0 Å². The summed E-state index contributed by atoms with van der Waals surface area (Å²) in [6, 6.07) is 0. The van der Waals surface area contributed by atoms with Crippen LogP contribution in [-0.4, -0.2) is 29.7 Å². The molecule has 20 heavy (non-hydrogen) atoms. The Morgan fingerprint density at radius 1 is 1.20 bits per heavy atom. The largest absolute Gasteiger partial charge is 0.381 e. The van der Waals surface area contributed by atoms with Gasteiger partial charge < -0.3 is 10.1 Å². The summed E-state index contributed by atoms with van der Waals surface area (Å²) in [6.45, 7) is 10.8. The second kappa shape index (κ2) is 6.99. The van der Waals surface area contributed by atoms with Gasteiger partial charge in [-0.05, 0) is 32.8 Å². The molecule has 0 unspecified atom stereocenters. The van der Waals surface area contributed by atoms with Crippen LogP contribution in [0.5, 0.6) is 0 Å². The second-order valence-electron chi connectivity index (χ2n) is 4.83. The molecule has 4 nitrogen and oxygen atoms in total. The minimum Gasteiger partial charge on any atom is -0.381 e. The topological polar surface area (TPSA) is 47.0 Å². The fraction of sp³-hybridized carbons (Fsp3) is 0.600. The van der Waals surface area contributed by atoms with Crippen LogP contribution in [0.25, 0.3) is 10.2 Å². The lowest BCUT2D eigenvalue weighted by Crippen LogP contribution is -2.08. The van der Waals surface area contributed by atoms with E-state index in [1.54, 1.807) is 11.3 Å². The lowest BCUT2D eigenvalue weighted by molar-refractivity contribution is 0.149. The highest BCUT2D eigenvalue weighted by Gasteiger charge is 2.14. The maximum atomic E-state index is 5.40. The van der Waals surface area contributed by atoms with Gasteiger partial charge in [-0.1, -0.05) is 6.92 Å². The van der Waals surface area contributed by atoms with E-state index in [0.717, 1.165) is 42.5 Å². The van der Waals surface area contributed by atoms with Gasteiger partial charge in [0.15, 0.2) is 0 Å². The Hall–Kier alpha value is -1.20. The molecule has 0 amide bonds. The molecular formula is C15H23N3OS. The van der Waals surface area contributed by atoms with Gasteiger partial charge in [-0.2, -0.15) is 0 Å². The molecule has 0 radical (unpaired) electrons. The van der Waals surface area contributed by atoms with E-state index in [0.29, 0.717) is 6.61 Å². The second-order valence-corrected chi connectivity index (χ2v) is 6.03. The number of rotatable bonds is 7. The number of thiophene rings is 1. The van der Waals surface area contributed by atoms with Crippen molar-refractivity contribution >= 4 is 27.4 Å². The molecule has 1 N–H and O–H groups in total. The van der Waals surface area contributed by atoms with Crippen molar-refractivity contribution < 1.29 is 4.74 Å². The Labute approximate surface area is 124 Å². The van der Waals surface area contributed by atoms with Gasteiger partial charge in [0.1, 0.15) is 16.5 Å². The molecule has 2 rings (SSSR count). The predicted octanol–water partition coefficient (Wildman–Crippen LogP) is 3.71. The fourth-order valence-electron chi connectivity index (χ4n) is 2.08. The van der Waals surface area contributed by atoms with E-state index in [2.05, 4.69) is 36.1 Å². The minimum absolute atomic E-state index is 0.679. The number of hydrogen-bond donors (Lipinski definition) is 1. The monoisotopic (exact) mass is 293 g/mol. The van der Waals surface area contributed by atoms with E-state index in [1.165, 1.54) is 15.8 Å². The molecule has 0 saturated heterocycles. The highest BCUT2D eigenvalue weighted by atomic mass is 32.1. The zero-order valence-electron chi connectivity index (χ0n) is 12.7. The smallest absolute Gasteiger partial charge is 0.138 e. The average Bonchev–Trinajstić information content (AvgIpc) is 2.72. The molecule has 2 aromatic heterocycles. The van der Waals surface area contributed by atoms with Crippen LogP contribution in [0.2, 0.25) is 0 Å². The van der Waals surface area contributed by atoms with E-state index < -0.39 is 0 Å². The first-order valence-electron chi connectivity index (χ1n) is 7.25.